The van der Waals surface area contributed by atoms with Gasteiger partial charge in [0.05, 0.1) is 38.3 Å². The van der Waals surface area contributed by atoms with Crippen molar-refractivity contribution in [3.8, 4) is 17.2 Å². The Hall–Kier alpha value is -3.52. The van der Waals surface area contributed by atoms with Crippen molar-refractivity contribution < 1.29 is 28.2 Å². The van der Waals surface area contributed by atoms with Crippen molar-refractivity contribution in [1.29, 1.82) is 0 Å². The Morgan fingerprint density at radius 2 is 1.56 bits per heavy atom. The Balaban J connectivity index is 1.98. The highest BCUT2D eigenvalue weighted by molar-refractivity contribution is 5.99. The van der Waals surface area contributed by atoms with E-state index in [4.69, 9.17) is 23.4 Å². The maximum atomic E-state index is 13.8. The van der Waals surface area contributed by atoms with E-state index in [1.165, 1.54) is 21.3 Å². The standard InChI is InChI=1S/C26H29NO7/c1-14-10-17-18(11-15(14)2)34-25-21(23(17)28)22(27(26(25)29)8-7-9-30-3)16-12-19(31-4)24(33-6)20(13-16)32-5/h10-13,22H,7-9H2,1-6H3. The maximum Gasteiger partial charge on any atom is 0.290 e. The molecule has 1 aromatic heterocycles. The van der Waals surface area contributed by atoms with Crippen molar-refractivity contribution >= 4 is 16.9 Å². The van der Waals surface area contributed by atoms with Crippen molar-refractivity contribution in [3.63, 3.8) is 0 Å². The first-order valence-electron chi connectivity index (χ1n) is 11.0. The number of methoxy groups -OCH3 is 4. The summed E-state index contributed by atoms with van der Waals surface area (Å²) in [5, 5.41) is 0.450. The largest absolute Gasteiger partial charge is 0.493 e. The van der Waals surface area contributed by atoms with Crippen molar-refractivity contribution in [2.45, 2.75) is 26.3 Å². The summed E-state index contributed by atoms with van der Waals surface area (Å²) >= 11 is 0. The Morgan fingerprint density at radius 1 is 0.912 bits per heavy atom. The molecule has 0 saturated heterocycles. The van der Waals surface area contributed by atoms with Gasteiger partial charge in [0.2, 0.25) is 11.5 Å². The Labute approximate surface area is 198 Å². The minimum absolute atomic E-state index is 0.0666. The molecule has 1 unspecified atom stereocenters. The highest BCUT2D eigenvalue weighted by Crippen LogP contribution is 2.45. The number of aryl methyl sites for hydroxylation is 2. The minimum atomic E-state index is -0.671. The molecule has 3 aromatic rings. The summed E-state index contributed by atoms with van der Waals surface area (Å²) in [6.45, 7) is 4.75. The zero-order valence-electron chi connectivity index (χ0n) is 20.3. The van der Waals surface area contributed by atoms with E-state index in [0.29, 0.717) is 58.9 Å². The van der Waals surface area contributed by atoms with E-state index < -0.39 is 6.04 Å². The molecule has 8 nitrogen and oxygen atoms in total. The normalized spacial score (nSPS) is 15.1. The molecule has 0 bridgehead atoms. The fourth-order valence-corrected chi connectivity index (χ4v) is 4.49. The lowest BCUT2D eigenvalue weighted by atomic mass is 9.96. The molecule has 34 heavy (non-hydrogen) atoms. The molecule has 0 fully saturated rings. The molecule has 1 amide bonds. The first-order chi connectivity index (χ1) is 16.4. The van der Waals surface area contributed by atoms with Crippen molar-refractivity contribution in [1.82, 2.24) is 4.90 Å². The number of hydrogen-bond donors (Lipinski definition) is 0. The molecular weight excluding hydrogens is 438 g/mol. The number of fused-ring (bicyclic) bond motifs is 2. The van der Waals surface area contributed by atoms with Crippen LogP contribution in [0.5, 0.6) is 17.2 Å². The Morgan fingerprint density at radius 3 is 2.15 bits per heavy atom. The molecular formula is C26H29NO7. The smallest absolute Gasteiger partial charge is 0.290 e. The van der Waals surface area contributed by atoms with E-state index >= 15 is 0 Å². The molecule has 8 heteroatoms. The number of rotatable bonds is 8. The lowest BCUT2D eigenvalue weighted by Gasteiger charge is -2.26. The number of nitrogens with zero attached hydrogens (tertiary/aromatic N) is 1. The van der Waals surface area contributed by atoms with E-state index in [1.54, 1.807) is 24.1 Å². The fourth-order valence-electron chi connectivity index (χ4n) is 4.49. The molecule has 1 atom stereocenters. The topological polar surface area (TPSA) is 87.4 Å². The third-order valence-corrected chi connectivity index (χ3v) is 6.33. The number of carbonyl (C=O) groups excluding carboxylic acids is 1. The van der Waals surface area contributed by atoms with Gasteiger partial charge in [0, 0.05) is 20.3 Å². The van der Waals surface area contributed by atoms with Crippen LogP contribution in [-0.4, -0.2) is 52.4 Å². The highest BCUT2D eigenvalue weighted by atomic mass is 16.5. The molecule has 180 valence electrons. The van der Waals surface area contributed by atoms with Gasteiger partial charge in [-0.25, -0.2) is 0 Å². The second-order valence-electron chi connectivity index (χ2n) is 8.31. The maximum absolute atomic E-state index is 13.8. The summed E-state index contributed by atoms with van der Waals surface area (Å²) in [4.78, 5) is 28.9. The van der Waals surface area contributed by atoms with Crippen LogP contribution in [0, 0.1) is 13.8 Å². The SMILES string of the molecule is COCCCN1C(=O)c2oc3cc(C)c(C)cc3c(=O)c2C1c1cc(OC)c(OC)c(OC)c1. The monoisotopic (exact) mass is 467 g/mol. The van der Waals surface area contributed by atoms with Gasteiger partial charge in [0.15, 0.2) is 16.9 Å². The van der Waals surface area contributed by atoms with Crippen LogP contribution in [0.15, 0.2) is 33.5 Å². The minimum Gasteiger partial charge on any atom is -0.493 e. The number of ether oxygens (including phenoxy) is 4. The predicted molar refractivity (Wildman–Crippen MR) is 127 cm³/mol. The van der Waals surface area contributed by atoms with Gasteiger partial charge in [-0.05, 0) is 61.2 Å². The molecule has 0 spiro atoms. The van der Waals surface area contributed by atoms with Gasteiger partial charge in [-0.15, -0.1) is 0 Å². The molecule has 2 heterocycles. The van der Waals surface area contributed by atoms with Crippen LogP contribution in [-0.2, 0) is 4.74 Å². The summed E-state index contributed by atoms with van der Waals surface area (Å²) in [6.07, 6.45) is 0.600. The number of hydrogen-bond acceptors (Lipinski definition) is 7. The average molecular weight is 468 g/mol. The second-order valence-corrected chi connectivity index (χ2v) is 8.31. The lowest BCUT2D eigenvalue weighted by Crippen LogP contribution is -2.31. The van der Waals surface area contributed by atoms with Crippen LogP contribution in [0.3, 0.4) is 0 Å². The molecule has 0 radical (unpaired) electrons. The van der Waals surface area contributed by atoms with E-state index in [9.17, 15) is 9.59 Å². The van der Waals surface area contributed by atoms with Crippen LogP contribution >= 0.6 is 0 Å². The molecule has 1 aliphatic rings. The van der Waals surface area contributed by atoms with Crippen molar-refractivity contribution in [2.24, 2.45) is 0 Å². The van der Waals surface area contributed by atoms with Crippen LogP contribution in [0.4, 0.5) is 0 Å². The van der Waals surface area contributed by atoms with Gasteiger partial charge in [0.25, 0.3) is 5.91 Å². The van der Waals surface area contributed by atoms with E-state index in [1.807, 2.05) is 26.0 Å². The van der Waals surface area contributed by atoms with Gasteiger partial charge in [0.1, 0.15) is 5.58 Å². The fraction of sp³-hybridized carbons (Fsp3) is 0.385. The van der Waals surface area contributed by atoms with Crippen LogP contribution in [0.1, 0.15) is 45.3 Å². The van der Waals surface area contributed by atoms with Crippen LogP contribution in [0.25, 0.3) is 11.0 Å². The van der Waals surface area contributed by atoms with Gasteiger partial charge >= 0.3 is 0 Å². The summed E-state index contributed by atoms with van der Waals surface area (Å²) < 4.78 is 27.8. The third kappa shape index (κ3) is 3.77. The summed E-state index contributed by atoms with van der Waals surface area (Å²) in [5.74, 6) is 1.04. The highest BCUT2D eigenvalue weighted by Gasteiger charge is 2.43. The summed E-state index contributed by atoms with van der Waals surface area (Å²) in [6, 6.07) is 6.49. The third-order valence-electron chi connectivity index (χ3n) is 6.33. The lowest BCUT2D eigenvalue weighted by molar-refractivity contribution is 0.0707. The number of amides is 1. The second kappa shape index (κ2) is 9.38. The molecule has 1 aliphatic heterocycles. The van der Waals surface area contributed by atoms with Crippen molar-refractivity contribution in [2.75, 3.05) is 41.6 Å². The molecule has 0 saturated carbocycles. The van der Waals surface area contributed by atoms with E-state index in [2.05, 4.69) is 0 Å². The van der Waals surface area contributed by atoms with Crippen LogP contribution in [0.2, 0.25) is 0 Å². The van der Waals surface area contributed by atoms with Crippen LogP contribution < -0.4 is 19.6 Å². The van der Waals surface area contributed by atoms with Gasteiger partial charge in [-0.1, -0.05) is 0 Å². The molecule has 0 N–H and O–H groups in total. The zero-order chi connectivity index (χ0) is 24.6. The van der Waals surface area contributed by atoms with Crippen molar-refractivity contribution in [3.05, 3.63) is 62.5 Å². The predicted octanol–water partition coefficient (Wildman–Crippen LogP) is 4.02. The number of benzene rings is 2. The first-order valence-corrected chi connectivity index (χ1v) is 11.0. The molecule has 2 aromatic carbocycles. The zero-order valence-corrected chi connectivity index (χ0v) is 20.3. The van der Waals surface area contributed by atoms with E-state index in [-0.39, 0.29) is 17.1 Å². The van der Waals surface area contributed by atoms with E-state index in [0.717, 1.165) is 11.1 Å². The molecule has 4 rings (SSSR count). The quantitative estimate of drug-likeness (QED) is 0.463. The van der Waals surface area contributed by atoms with Gasteiger partial charge in [-0.2, -0.15) is 0 Å². The first kappa shape index (κ1) is 23.6. The Kier molecular flexibility index (Phi) is 6.52. The Bertz CT molecular complexity index is 1290. The number of carbonyl (C=O) groups is 1. The average Bonchev–Trinajstić information content (AvgIpc) is 3.11. The summed E-state index contributed by atoms with van der Waals surface area (Å²) in [7, 11) is 6.19. The van der Waals surface area contributed by atoms with Gasteiger partial charge in [-0.3, -0.25) is 9.59 Å². The molecule has 0 aliphatic carbocycles. The van der Waals surface area contributed by atoms with Gasteiger partial charge < -0.3 is 28.3 Å². The summed E-state index contributed by atoms with van der Waals surface area (Å²) in [5.41, 5.74) is 3.12.